The maximum atomic E-state index is 2.37. The molecule has 0 aromatic rings. The Morgan fingerprint density at radius 3 is 2.09 bits per heavy atom. The van der Waals surface area contributed by atoms with Gasteiger partial charge >= 0.3 is 84.8 Å². The summed E-state index contributed by atoms with van der Waals surface area (Å²) in [5.41, 5.74) is 3.48. The van der Waals surface area contributed by atoms with Crippen molar-refractivity contribution in [1.82, 2.24) is 0 Å². The maximum absolute atomic E-state index is 2.37. The molecule has 1 aliphatic rings. The van der Waals surface area contributed by atoms with Crippen LogP contribution in [0.1, 0.15) is 34.1 Å². The van der Waals surface area contributed by atoms with Crippen LogP contribution in [0.3, 0.4) is 0 Å². The molecule has 0 aliphatic heterocycles. The second-order valence-corrected chi connectivity index (χ2v) is 5.74. The molecule has 0 bridgehead atoms. The Labute approximate surface area is 84.6 Å². The van der Waals surface area contributed by atoms with Crippen molar-refractivity contribution in [3.05, 3.63) is 20.5 Å². The van der Waals surface area contributed by atoms with Gasteiger partial charge in [-0.1, -0.05) is 0 Å². The van der Waals surface area contributed by atoms with Gasteiger partial charge in [0, 0.05) is 0 Å². The van der Waals surface area contributed by atoms with Gasteiger partial charge in [-0.2, -0.15) is 0 Å². The van der Waals surface area contributed by atoms with E-state index in [-0.39, 0.29) is 0 Å². The molecule has 0 spiro atoms. The van der Waals surface area contributed by atoms with E-state index in [4.69, 9.17) is 0 Å². The van der Waals surface area contributed by atoms with Gasteiger partial charge in [-0.3, -0.25) is 0 Å². The predicted molar refractivity (Wildman–Crippen MR) is 44.9 cm³/mol. The fourth-order valence-corrected chi connectivity index (χ4v) is 1.86. The van der Waals surface area contributed by atoms with Crippen molar-refractivity contribution in [2.75, 3.05) is 0 Å². The van der Waals surface area contributed by atoms with E-state index in [1.165, 1.54) is 12.0 Å². The summed E-state index contributed by atoms with van der Waals surface area (Å²) >= 11 is 1.58. The molecule has 0 fully saturated rings. The van der Waals surface area contributed by atoms with Gasteiger partial charge in [-0.15, -0.1) is 0 Å². The van der Waals surface area contributed by atoms with E-state index in [1.807, 2.05) is 0 Å². The van der Waals surface area contributed by atoms with Crippen LogP contribution in [0.15, 0.2) is 20.5 Å². The normalized spacial score (nSPS) is 19.0. The molecule has 0 N–H and O–H groups in total. The standard InChI is InChI=1S/C10H15.Zr/c1-8-5-6-9(7-8)10(2,3)4;/h7H,6H2,1-4H3;. The second-order valence-electron chi connectivity index (χ2n) is 4.26. The SMILES string of the molecule is CC1=[C]([Zr])CC(C(C)(C)C)=C1. The Balaban J connectivity index is 2.80. The van der Waals surface area contributed by atoms with E-state index in [0.29, 0.717) is 5.41 Å². The molecule has 0 aromatic heterocycles. The summed E-state index contributed by atoms with van der Waals surface area (Å²) in [6.45, 7) is 9.10. The first-order valence-corrected chi connectivity index (χ1v) is 5.26. The van der Waals surface area contributed by atoms with Crippen LogP contribution in [0.4, 0.5) is 0 Å². The van der Waals surface area contributed by atoms with Crippen LogP contribution in [0.2, 0.25) is 0 Å². The van der Waals surface area contributed by atoms with Gasteiger partial charge in [0.05, 0.1) is 0 Å². The monoisotopic (exact) mass is 225 g/mol. The summed E-state index contributed by atoms with van der Waals surface area (Å²) in [5, 5.41) is 0. The van der Waals surface area contributed by atoms with Crippen molar-refractivity contribution in [3.8, 4) is 0 Å². The topological polar surface area (TPSA) is 0 Å². The van der Waals surface area contributed by atoms with Gasteiger partial charge in [0.25, 0.3) is 0 Å². The van der Waals surface area contributed by atoms with Crippen LogP contribution in [-0.2, 0) is 24.7 Å². The molecule has 0 atom stereocenters. The van der Waals surface area contributed by atoms with Crippen LogP contribution >= 0.6 is 0 Å². The molecule has 0 saturated heterocycles. The number of rotatable bonds is 0. The molecule has 1 aliphatic carbocycles. The van der Waals surface area contributed by atoms with Gasteiger partial charge in [-0.25, -0.2) is 0 Å². The predicted octanol–water partition coefficient (Wildman–Crippen LogP) is 3.18. The molecule has 1 heteroatoms. The Morgan fingerprint density at radius 1 is 1.36 bits per heavy atom. The van der Waals surface area contributed by atoms with E-state index in [0.717, 1.165) is 0 Å². The third kappa shape index (κ3) is 2.15. The van der Waals surface area contributed by atoms with Gasteiger partial charge in [-0.05, 0) is 0 Å². The summed E-state index contributed by atoms with van der Waals surface area (Å²) in [4.78, 5) is 0. The molecular formula is C10H15Zr. The van der Waals surface area contributed by atoms with E-state index in [1.54, 1.807) is 33.6 Å². The van der Waals surface area contributed by atoms with Crippen LogP contribution in [0.25, 0.3) is 0 Å². The molecule has 0 amide bonds. The number of allylic oxidation sites excluding steroid dienone is 4. The molecule has 11 heavy (non-hydrogen) atoms. The second kappa shape index (κ2) is 3.01. The van der Waals surface area contributed by atoms with E-state index in [9.17, 15) is 0 Å². The van der Waals surface area contributed by atoms with Gasteiger partial charge in [0.1, 0.15) is 0 Å². The molecule has 1 rings (SSSR count). The van der Waals surface area contributed by atoms with Crippen molar-refractivity contribution in [3.63, 3.8) is 0 Å². The van der Waals surface area contributed by atoms with Crippen LogP contribution < -0.4 is 0 Å². The van der Waals surface area contributed by atoms with E-state index in [2.05, 4.69) is 33.8 Å². The zero-order valence-corrected chi connectivity index (χ0v) is 10.2. The molecule has 0 heterocycles. The summed E-state index contributed by atoms with van der Waals surface area (Å²) in [5.74, 6) is 0. The fraction of sp³-hybridized carbons (Fsp3) is 0.600. The van der Waals surface area contributed by atoms with Crippen molar-refractivity contribution >= 4 is 0 Å². The third-order valence-electron chi connectivity index (χ3n) is 2.20. The Morgan fingerprint density at radius 2 is 1.91 bits per heavy atom. The molecule has 0 saturated carbocycles. The summed E-state index contributed by atoms with van der Waals surface area (Å²) in [6, 6.07) is 0. The number of hydrogen-bond acceptors (Lipinski definition) is 0. The van der Waals surface area contributed by atoms with Crippen LogP contribution in [-0.4, -0.2) is 0 Å². The average molecular weight is 226 g/mol. The first-order chi connectivity index (χ1) is 4.91. The summed E-state index contributed by atoms with van der Waals surface area (Å²) in [7, 11) is 0. The molecule has 0 radical (unpaired) electrons. The molecule has 0 nitrogen and oxygen atoms in total. The quantitative estimate of drug-likeness (QED) is 0.595. The van der Waals surface area contributed by atoms with E-state index >= 15 is 0 Å². The van der Waals surface area contributed by atoms with Crippen molar-refractivity contribution in [2.45, 2.75) is 34.1 Å². The van der Waals surface area contributed by atoms with Gasteiger partial charge in [0.15, 0.2) is 0 Å². The first-order valence-electron chi connectivity index (χ1n) is 4.03. The van der Waals surface area contributed by atoms with Gasteiger partial charge < -0.3 is 0 Å². The van der Waals surface area contributed by atoms with Crippen molar-refractivity contribution in [1.29, 1.82) is 0 Å². The Hall–Kier alpha value is 0.363. The van der Waals surface area contributed by atoms with E-state index < -0.39 is 0 Å². The summed E-state index contributed by atoms with van der Waals surface area (Å²) < 4.78 is 1.63. The number of hydrogen-bond donors (Lipinski definition) is 0. The molecule has 59 valence electrons. The Kier molecular flexibility index (Phi) is 2.59. The molecule has 0 unspecified atom stereocenters. The minimum absolute atomic E-state index is 0.375. The summed E-state index contributed by atoms with van der Waals surface area (Å²) in [6.07, 6.45) is 3.59. The minimum atomic E-state index is 0.375. The van der Waals surface area contributed by atoms with Crippen LogP contribution in [0.5, 0.6) is 0 Å². The molecular weight excluding hydrogens is 211 g/mol. The van der Waals surface area contributed by atoms with Crippen LogP contribution in [0, 0.1) is 5.41 Å². The van der Waals surface area contributed by atoms with Gasteiger partial charge in [0.2, 0.25) is 0 Å². The van der Waals surface area contributed by atoms with Crippen molar-refractivity contribution in [2.24, 2.45) is 5.41 Å². The third-order valence-corrected chi connectivity index (χ3v) is 3.60. The first kappa shape index (κ1) is 9.45. The Bertz CT molecular complexity index is 226. The molecule has 0 aromatic carbocycles. The fourth-order valence-electron chi connectivity index (χ4n) is 1.21. The zero-order chi connectivity index (χ0) is 8.65. The zero-order valence-electron chi connectivity index (χ0n) is 7.78. The van der Waals surface area contributed by atoms with Crippen molar-refractivity contribution < 1.29 is 24.7 Å². The average Bonchev–Trinajstić information content (AvgIpc) is 2.11.